The largest absolute Gasteiger partial charge is 0.421 e. The molecule has 0 aliphatic carbocycles. The lowest BCUT2D eigenvalue weighted by Crippen LogP contribution is -2.22. The van der Waals surface area contributed by atoms with E-state index in [2.05, 4.69) is 15.5 Å². The van der Waals surface area contributed by atoms with Crippen LogP contribution in [0.25, 0.3) is 11.5 Å². The first-order valence-electron chi connectivity index (χ1n) is 7.50. The normalized spacial score (nSPS) is 10.4. The molecule has 3 aromatic rings. The van der Waals surface area contributed by atoms with E-state index in [1.807, 2.05) is 60.7 Å². The fourth-order valence-corrected chi connectivity index (χ4v) is 2.16. The molecule has 0 fully saturated rings. The van der Waals surface area contributed by atoms with Gasteiger partial charge in [0.05, 0.1) is 0 Å². The Morgan fingerprint density at radius 3 is 2.39 bits per heavy atom. The van der Waals surface area contributed by atoms with Gasteiger partial charge in [0.2, 0.25) is 17.7 Å². The van der Waals surface area contributed by atoms with E-state index in [-0.39, 0.29) is 5.91 Å². The van der Waals surface area contributed by atoms with Crippen molar-refractivity contribution in [2.24, 2.45) is 0 Å². The minimum absolute atomic E-state index is 0.0340. The number of carbonyl (C=O) groups excluding carboxylic acids is 1. The van der Waals surface area contributed by atoms with Crippen LogP contribution in [0.5, 0.6) is 0 Å². The lowest BCUT2D eigenvalue weighted by Gasteiger charge is -2.03. The molecule has 3 rings (SSSR count). The molecule has 0 atom stereocenters. The molecule has 0 unspecified atom stereocenters. The van der Waals surface area contributed by atoms with E-state index < -0.39 is 0 Å². The van der Waals surface area contributed by atoms with Crippen molar-refractivity contribution in [2.45, 2.75) is 19.4 Å². The van der Waals surface area contributed by atoms with Crippen LogP contribution < -0.4 is 5.32 Å². The molecule has 1 heterocycles. The van der Waals surface area contributed by atoms with Crippen LogP contribution >= 0.6 is 0 Å². The van der Waals surface area contributed by atoms with E-state index in [0.29, 0.717) is 31.2 Å². The van der Waals surface area contributed by atoms with Crippen molar-refractivity contribution in [2.75, 3.05) is 0 Å². The molecule has 23 heavy (non-hydrogen) atoms. The number of carbonyl (C=O) groups is 1. The average molecular weight is 307 g/mol. The summed E-state index contributed by atoms with van der Waals surface area (Å²) in [5, 5.41) is 10.9. The van der Waals surface area contributed by atoms with Gasteiger partial charge in [0.15, 0.2) is 0 Å². The molecule has 2 aromatic carbocycles. The number of aromatic nitrogens is 2. The monoisotopic (exact) mass is 307 g/mol. The third-order valence-electron chi connectivity index (χ3n) is 3.39. The van der Waals surface area contributed by atoms with Gasteiger partial charge in [-0.2, -0.15) is 0 Å². The van der Waals surface area contributed by atoms with Crippen LogP contribution in [0.15, 0.2) is 65.1 Å². The number of nitrogens with one attached hydrogen (secondary N) is 1. The number of aryl methyl sites for hydroxylation is 1. The molecule has 5 heteroatoms. The second-order valence-electron chi connectivity index (χ2n) is 5.13. The highest BCUT2D eigenvalue weighted by Gasteiger charge is 2.10. The zero-order valence-electron chi connectivity index (χ0n) is 12.6. The molecule has 0 spiro atoms. The molecule has 0 aliphatic heterocycles. The highest BCUT2D eigenvalue weighted by molar-refractivity contribution is 5.76. The molecule has 5 nitrogen and oxygen atoms in total. The zero-order valence-corrected chi connectivity index (χ0v) is 12.6. The van der Waals surface area contributed by atoms with E-state index in [4.69, 9.17) is 4.42 Å². The van der Waals surface area contributed by atoms with E-state index in [0.717, 1.165) is 11.1 Å². The van der Waals surface area contributed by atoms with Crippen LogP contribution in [0.4, 0.5) is 0 Å². The predicted octanol–water partition coefficient (Wildman–Crippen LogP) is 2.99. The summed E-state index contributed by atoms with van der Waals surface area (Å²) in [6, 6.07) is 19.4. The maximum atomic E-state index is 11.9. The van der Waals surface area contributed by atoms with Crippen molar-refractivity contribution in [1.82, 2.24) is 15.5 Å². The summed E-state index contributed by atoms with van der Waals surface area (Å²) in [5.74, 6) is 0.914. The summed E-state index contributed by atoms with van der Waals surface area (Å²) in [6.07, 6.45) is 0.754. The first-order chi connectivity index (χ1) is 11.3. The minimum Gasteiger partial charge on any atom is -0.421 e. The fraction of sp³-hybridized carbons (Fsp3) is 0.167. The van der Waals surface area contributed by atoms with Crippen LogP contribution in [-0.4, -0.2) is 16.1 Å². The number of rotatable bonds is 6. The van der Waals surface area contributed by atoms with Crippen LogP contribution in [-0.2, 0) is 17.8 Å². The van der Waals surface area contributed by atoms with Crippen LogP contribution in [0.2, 0.25) is 0 Å². The molecular weight excluding hydrogens is 290 g/mol. The van der Waals surface area contributed by atoms with Crippen molar-refractivity contribution in [3.8, 4) is 11.5 Å². The van der Waals surface area contributed by atoms with Gasteiger partial charge in [-0.25, -0.2) is 0 Å². The molecule has 0 saturated heterocycles. The molecule has 0 aliphatic rings. The van der Waals surface area contributed by atoms with E-state index in [1.54, 1.807) is 0 Å². The molecule has 1 N–H and O–H groups in total. The average Bonchev–Trinajstić information content (AvgIpc) is 3.09. The standard InChI is InChI=1S/C18H17N3O2/c22-16(19-13-14-7-3-1-4-8-14)11-12-17-20-21-18(23-17)15-9-5-2-6-10-15/h1-10H,11-13H2,(H,19,22). The van der Waals surface area contributed by atoms with Gasteiger partial charge < -0.3 is 9.73 Å². The maximum Gasteiger partial charge on any atom is 0.247 e. The highest BCUT2D eigenvalue weighted by Crippen LogP contribution is 2.17. The number of nitrogens with zero attached hydrogens (tertiary/aromatic N) is 2. The smallest absolute Gasteiger partial charge is 0.247 e. The molecule has 0 bridgehead atoms. The highest BCUT2D eigenvalue weighted by atomic mass is 16.4. The molecule has 0 radical (unpaired) electrons. The minimum atomic E-state index is -0.0340. The van der Waals surface area contributed by atoms with Crippen LogP contribution in [0.1, 0.15) is 17.9 Å². The Hall–Kier alpha value is -2.95. The van der Waals surface area contributed by atoms with Crippen LogP contribution in [0, 0.1) is 0 Å². The summed E-state index contributed by atoms with van der Waals surface area (Å²) in [7, 11) is 0. The van der Waals surface area contributed by atoms with Gasteiger partial charge in [0.25, 0.3) is 0 Å². The quantitative estimate of drug-likeness (QED) is 0.760. The number of hydrogen-bond acceptors (Lipinski definition) is 4. The van der Waals surface area contributed by atoms with Crippen LogP contribution in [0.3, 0.4) is 0 Å². The number of benzene rings is 2. The second-order valence-corrected chi connectivity index (χ2v) is 5.13. The zero-order chi connectivity index (χ0) is 15.9. The summed E-state index contributed by atoms with van der Waals surface area (Å²) in [6.45, 7) is 0.527. The SMILES string of the molecule is O=C(CCc1nnc(-c2ccccc2)o1)NCc1ccccc1. The molecule has 0 saturated carbocycles. The Kier molecular flexibility index (Phi) is 4.79. The van der Waals surface area contributed by atoms with Gasteiger partial charge in [0.1, 0.15) is 0 Å². The van der Waals surface area contributed by atoms with Crippen molar-refractivity contribution in [3.63, 3.8) is 0 Å². The third-order valence-corrected chi connectivity index (χ3v) is 3.39. The predicted molar refractivity (Wildman–Crippen MR) is 86.3 cm³/mol. The van der Waals surface area contributed by atoms with Gasteiger partial charge in [-0.3, -0.25) is 4.79 Å². The Balaban J connectivity index is 1.49. The van der Waals surface area contributed by atoms with Gasteiger partial charge in [0, 0.05) is 24.9 Å². The van der Waals surface area contributed by atoms with E-state index in [1.165, 1.54) is 0 Å². The lowest BCUT2D eigenvalue weighted by molar-refractivity contribution is -0.121. The summed E-state index contributed by atoms with van der Waals surface area (Å²) >= 11 is 0. The fourth-order valence-electron chi connectivity index (χ4n) is 2.16. The van der Waals surface area contributed by atoms with Gasteiger partial charge in [-0.05, 0) is 17.7 Å². The number of amides is 1. The summed E-state index contributed by atoms with van der Waals surface area (Å²) in [4.78, 5) is 11.9. The Bertz CT molecular complexity index is 754. The van der Waals surface area contributed by atoms with Crippen molar-refractivity contribution < 1.29 is 9.21 Å². The lowest BCUT2D eigenvalue weighted by atomic mass is 10.2. The topological polar surface area (TPSA) is 68.0 Å². The second kappa shape index (κ2) is 7.35. The molecule has 116 valence electrons. The van der Waals surface area contributed by atoms with E-state index in [9.17, 15) is 4.79 Å². The third kappa shape index (κ3) is 4.26. The van der Waals surface area contributed by atoms with Gasteiger partial charge in [-0.15, -0.1) is 10.2 Å². The Morgan fingerprint density at radius 2 is 1.65 bits per heavy atom. The molecule has 1 aromatic heterocycles. The van der Waals surface area contributed by atoms with Gasteiger partial charge >= 0.3 is 0 Å². The molecular formula is C18H17N3O2. The molecule has 1 amide bonds. The van der Waals surface area contributed by atoms with E-state index >= 15 is 0 Å². The van der Waals surface area contributed by atoms with Gasteiger partial charge in [-0.1, -0.05) is 48.5 Å². The van der Waals surface area contributed by atoms with Crippen molar-refractivity contribution in [1.29, 1.82) is 0 Å². The van der Waals surface area contributed by atoms with Crippen molar-refractivity contribution >= 4 is 5.91 Å². The number of hydrogen-bond donors (Lipinski definition) is 1. The first kappa shape index (κ1) is 15.0. The maximum absolute atomic E-state index is 11.9. The van der Waals surface area contributed by atoms with Crippen molar-refractivity contribution in [3.05, 3.63) is 72.1 Å². The summed E-state index contributed by atoms with van der Waals surface area (Å²) < 4.78 is 5.58. The summed E-state index contributed by atoms with van der Waals surface area (Å²) in [5.41, 5.74) is 1.95. The first-order valence-corrected chi connectivity index (χ1v) is 7.50. The Morgan fingerprint density at radius 1 is 0.957 bits per heavy atom. The Labute approximate surface area is 134 Å².